The number of hydrogen-bond acceptors (Lipinski definition) is 5. The molecule has 1 unspecified atom stereocenters. The van der Waals surface area contributed by atoms with Crippen LogP contribution in [0.4, 0.5) is 17.6 Å². The summed E-state index contributed by atoms with van der Waals surface area (Å²) in [6.07, 6.45) is -0.963. The predicted molar refractivity (Wildman–Crippen MR) is 93.1 cm³/mol. The second-order valence-electron chi connectivity index (χ2n) is 6.97. The van der Waals surface area contributed by atoms with Crippen LogP contribution < -0.4 is 10.5 Å². The summed E-state index contributed by atoms with van der Waals surface area (Å²) >= 11 is 0. The minimum Gasteiger partial charge on any atom is -0.438 e. The second kappa shape index (κ2) is 7.41. The lowest BCUT2D eigenvalue weighted by Gasteiger charge is -2.38. The number of para-hydroxylation sites is 1. The number of alkyl halides is 4. The van der Waals surface area contributed by atoms with Crippen LogP contribution in [0.15, 0.2) is 30.3 Å². The molecule has 1 aliphatic carbocycles. The minimum atomic E-state index is -3.54. The van der Waals surface area contributed by atoms with Crippen molar-refractivity contribution in [3.63, 3.8) is 0 Å². The van der Waals surface area contributed by atoms with Gasteiger partial charge < -0.3 is 15.3 Å². The van der Waals surface area contributed by atoms with Crippen molar-refractivity contribution >= 4 is 12.2 Å². The highest BCUT2D eigenvalue weighted by Crippen LogP contribution is 2.49. The van der Waals surface area contributed by atoms with E-state index in [2.05, 4.69) is 9.97 Å². The normalized spacial score (nSPS) is 17.3. The Hall–Kier alpha value is -3.04. The molecule has 6 nitrogen and oxygen atoms in total. The molecule has 1 fully saturated rings. The maximum absolute atomic E-state index is 14.0. The molecule has 1 aromatic heterocycles. The molecule has 0 bridgehead atoms. The maximum Gasteiger partial charge on any atom is 0.303 e. The van der Waals surface area contributed by atoms with E-state index in [1.807, 2.05) is 0 Å². The number of carbonyl (C=O) groups excluding carboxylic acids is 2. The molecular weight excluding hydrogens is 394 g/mol. The van der Waals surface area contributed by atoms with Crippen LogP contribution in [0.5, 0.6) is 11.6 Å². The third kappa shape index (κ3) is 4.36. The number of nitrogens with two attached hydrogens (primary N) is 1. The van der Waals surface area contributed by atoms with Crippen LogP contribution in [0.2, 0.25) is 0 Å². The summed E-state index contributed by atoms with van der Waals surface area (Å²) < 4.78 is 60.0. The fourth-order valence-electron chi connectivity index (χ4n) is 3.16. The van der Waals surface area contributed by atoms with Crippen LogP contribution in [-0.4, -0.2) is 28.1 Å². The van der Waals surface area contributed by atoms with Gasteiger partial charge in [-0.15, -0.1) is 0 Å². The lowest BCUT2D eigenvalue weighted by molar-refractivity contribution is -0.129. The number of aromatic nitrogens is 2. The molecule has 1 amide bonds. The number of halogens is 4. The topological polar surface area (TPSA) is 95.2 Å². The van der Waals surface area contributed by atoms with Gasteiger partial charge >= 0.3 is 5.92 Å². The van der Waals surface area contributed by atoms with Crippen molar-refractivity contribution < 1.29 is 31.9 Å². The van der Waals surface area contributed by atoms with Crippen LogP contribution >= 0.6 is 0 Å². The van der Waals surface area contributed by atoms with Gasteiger partial charge in [-0.1, -0.05) is 18.2 Å². The molecule has 3 rings (SSSR count). The number of ether oxygens (including phenoxy) is 1. The number of benzene rings is 1. The fourth-order valence-corrected chi connectivity index (χ4v) is 3.16. The SMILES string of the molecule is CC(F)(F)c1nc(Oc2ccccc2)c(C(N)=O)c(C(C=O)C2CC(F)(F)C2)n1. The second-order valence-corrected chi connectivity index (χ2v) is 6.97. The summed E-state index contributed by atoms with van der Waals surface area (Å²) in [5.74, 6) is -11.3. The van der Waals surface area contributed by atoms with Crippen molar-refractivity contribution in [2.24, 2.45) is 11.7 Å². The summed E-state index contributed by atoms with van der Waals surface area (Å²) in [6.45, 7) is 0.524. The van der Waals surface area contributed by atoms with Crippen molar-refractivity contribution in [1.29, 1.82) is 0 Å². The Morgan fingerprint density at radius 2 is 1.90 bits per heavy atom. The van der Waals surface area contributed by atoms with Gasteiger partial charge in [0.15, 0.2) is 0 Å². The largest absolute Gasteiger partial charge is 0.438 e. The smallest absolute Gasteiger partial charge is 0.303 e. The third-order valence-corrected chi connectivity index (χ3v) is 4.59. The van der Waals surface area contributed by atoms with Crippen molar-refractivity contribution in [2.45, 2.75) is 37.5 Å². The molecule has 1 saturated carbocycles. The molecule has 29 heavy (non-hydrogen) atoms. The summed E-state index contributed by atoms with van der Waals surface area (Å²) in [5.41, 5.74) is 4.45. The predicted octanol–water partition coefficient (Wildman–Crippen LogP) is 3.81. The summed E-state index contributed by atoms with van der Waals surface area (Å²) in [7, 11) is 0. The molecule has 0 radical (unpaired) electrons. The zero-order valence-corrected chi connectivity index (χ0v) is 15.2. The van der Waals surface area contributed by atoms with E-state index in [-0.39, 0.29) is 5.75 Å². The van der Waals surface area contributed by atoms with Crippen molar-refractivity contribution in [1.82, 2.24) is 9.97 Å². The molecule has 1 aliphatic rings. The third-order valence-electron chi connectivity index (χ3n) is 4.59. The van der Waals surface area contributed by atoms with E-state index in [9.17, 15) is 27.2 Å². The molecule has 0 spiro atoms. The van der Waals surface area contributed by atoms with E-state index in [1.165, 1.54) is 12.1 Å². The molecule has 1 aromatic carbocycles. The number of primary amides is 1. The monoisotopic (exact) mass is 411 g/mol. The van der Waals surface area contributed by atoms with Crippen LogP contribution in [0, 0.1) is 5.92 Å². The van der Waals surface area contributed by atoms with Crippen molar-refractivity contribution in [3.05, 3.63) is 47.4 Å². The number of aldehydes is 1. The number of amides is 1. The fraction of sp³-hybridized carbons (Fsp3) is 0.368. The van der Waals surface area contributed by atoms with E-state index in [4.69, 9.17) is 10.5 Å². The molecule has 1 heterocycles. The van der Waals surface area contributed by atoms with Gasteiger partial charge in [0.05, 0.1) is 11.6 Å². The highest BCUT2D eigenvalue weighted by molar-refractivity contribution is 5.97. The van der Waals surface area contributed by atoms with Gasteiger partial charge in [0.1, 0.15) is 17.6 Å². The molecule has 10 heteroatoms. The molecule has 0 saturated heterocycles. The number of nitrogens with zero attached hydrogens (tertiary/aromatic N) is 2. The Morgan fingerprint density at radius 1 is 1.28 bits per heavy atom. The van der Waals surface area contributed by atoms with Crippen LogP contribution in [0.25, 0.3) is 0 Å². The van der Waals surface area contributed by atoms with E-state index in [1.54, 1.807) is 18.2 Å². The van der Waals surface area contributed by atoms with E-state index in [0.29, 0.717) is 13.2 Å². The molecule has 2 aromatic rings. The van der Waals surface area contributed by atoms with Gasteiger partial charge in [-0.3, -0.25) is 4.79 Å². The Balaban J connectivity index is 2.16. The van der Waals surface area contributed by atoms with Crippen LogP contribution in [0.1, 0.15) is 47.6 Å². The quantitative estimate of drug-likeness (QED) is 0.552. The standard InChI is InChI=1S/C19H17F4N3O3/c1-18(20,21)17-25-14(12(9-27)10-7-19(22,23)8-10)13(15(24)28)16(26-17)29-11-5-3-2-4-6-11/h2-6,9-10,12H,7-8H2,1H3,(H2,24,28). The van der Waals surface area contributed by atoms with Gasteiger partial charge in [-0.25, -0.2) is 13.8 Å². The number of hydrogen-bond donors (Lipinski definition) is 1. The molecular formula is C19H17F4N3O3. The van der Waals surface area contributed by atoms with E-state index < -0.39 is 65.4 Å². The minimum absolute atomic E-state index is 0.169. The Morgan fingerprint density at radius 3 is 2.38 bits per heavy atom. The highest BCUT2D eigenvalue weighted by atomic mass is 19.3. The average Bonchev–Trinajstić information content (AvgIpc) is 2.60. The molecule has 154 valence electrons. The van der Waals surface area contributed by atoms with Gasteiger partial charge in [0, 0.05) is 19.8 Å². The first-order valence-corrected chi connectivity index (χ1v) is 8.68. The van der Waals surface area contributed by atoms with Gasteiger partial charge in [0.2, 0.25) is 17.6 Å². The Labute approximate surface area is 163 Å². The van der Waals surface area contributed by atoms with Crippen molar-refractivity contribution in [3.8, 4) is 11.6 Å². The van der Waals surface area contributed by atoms with Crippen LogP contribution in [-0.2, 0) is 10.7 Å². The van der Waals surface area contributed by atoms with Gasteiger partial charge in [0.25, 0.3) is 5.91 Å². The lowest BCUT2D eigenvalue weighted by atomic mass is 9.71. The summed E-state index contributed by atoms with van der Waals surface area (Å²) in [4.78, 5) is 31.0. The number of rotatable bonds is 7. The Kier molecular flexibility index (Phi) is 5.29. The lowest BCUT2D eigenvalue weighted by Crippen LogP contribution is -2.40. The number of carbonyl (C=O) groups is 2. The first-order chi connectivity index (χ1) is 13.5. The Bertz CT molecular complexity index is 924. The summed E-state index contributed by atoms with van der Waals surface area (Å²) in [6, 6.07) is 7.85. The zero-order chi connectivity index (χ0) is 21.4. The van der Waals surface area contributed by atoms with E-state index in [0.717, 1.165) is 0 Å². The average molecular weight is 411 g/mol. The highest BCUT2D eigenvalue weighted by Gasteiger charge is 2.50. The molecule has 2 N–H and O–H groups in total. The first kappa shape index (κ1) is 20.7. The zero-order valence-electron chi connectivity index (χ0n) is 15.2. The van der Waals surface area contributed by atoms with Crippen molar-refractivity contribution in [2.75, 3.05) is 0 Å². The van der Waals surface area contributed by atoms with Gasteiger partial charge in [-0.05, 0) is 18.1 Å². The maximum atomic E-state index is 14.0. The summed E-state index contributed by atoms with van der Waals surface area (Å²) in [5, 5.41) is 0. The first-order valence-electron chi connectivity index (χ1n) is 8.68. The molecule has 1 atom stereocenters. The molecule has 0 aliphatic heterocycles. The van der Waals surface area contributed by atoms with Crippen LogP contribution in [0.3, 0.4) is 0 Å². The van der Waals surface area contributed by atoms with Gasteiger partial charge in [-0.2, -0.15) is 13.8 Å². The van der Waals surface area contributed by atoms with E-state index >= 15 is 0 Å².